The number of hydrogen-bond donors (Lipinski definition) is 0. The second-order valence-corrected chi connectivity index (χ2v) is 6.75. The van der Waals surface area contributed by atoms with Crippen LogP contribution in [0, 0.1) is 10.8 Å². The van der Waals surface area contributed by atoms with Crippen LogP contribution in [-0.2, 0) is 14.4 Å². The minimum atomic E-state index is -0.770. The summed E-state index contributed by atoms with van der Waals surface area (Å²) in [6, 6.07) is 0. The molecule has 1 saturated carbocycles. The van der Waals surface area contributed by atoms with Crippen LogP contribution in [0.5, 0.6) is 0 Å². The van der Waals surface area contributed by atoms with Crippen molar-refractivity contribution in [1.29, 1.82) is 0 Å². The van der Waals surface area contributed by atoms with Crippen molar-refractivity contribution in [2.24, 2.45) is 25.8 Å². The Morgan fingerprint density at radius 3 is 2.00 bits per heavy atom. The molecule has 0 N–H and O–H groups in total. The molecule has 6 heteroatoms. The molecule has 0 radical (unpaired) electrons. The molecule has 0 aromatic carbocycles. The van der Waals surface area contributed by atoms with Gasteiger partial charge >= 0.3 is 0 Å². The monoisotopic (exact) mass is 277 g/mol. The first-order chi connectivity index (χ1) is 9.30. The quantitative estimate of drug-likeness (QED) is 0.568. The summed E-state index contributed by atoms with van der Waals surface area (Å²) in [5.41, 5.74) is -1.17. The Morgan fingerprint density at radius 1 is 0.850 bits per heavy atom. The summed E-state index contributed by atoms with van der Waals surface area (Å²) in [7, 11) is 0. The molecule has 0 amide bonds. The van der Waals surface area contributed by atoms with Crippen molar-refractivity contribution in [3.05, 3.63) is 0 Å². The molecule has 0 aromatic heterocycles. The molecule has 2 unspecified atom stereocenters. The highest BCUT2D eigenvalue weighted by atomic mass is 16.1. The van der Waals surface area contributed by atoms with Crippen molar-refractivity contribution < 1.29 is 14.4 Å². The topological polar surface area (TPSA) is 88.3 Å². The van der Waals surface area contributed by atoms with Gasteiger partial charge in [-0.3, -0.25) is 0 Å². The van der Waals surface area contributed by atoms with Gasteiger partial charge in [0, 0.05) is 0 Å². The van der Waals surface area contributed by atoms with Gasteiger partial charge in [-0.25, -0.2) is 24.4 Å². The fourth-order valence-corrected chi connectivity index (χ4v) is 3.87. The third-order valence-corrected chi connectivity index (χ3v) is 3.71. The molecule has 1 aliphatic rings. The number of carbonyl (C=O) groups excluding carboxylic acids is 3. The first-order valence-corrected chi connectivity index (χ1v) is 6.47. The first kappa shape index (κ1) is 16.2. The van der Waals surface area contributed by atoms with E-state index in [1.807, 2.05) is 6.92 Å². The molecule has 0 aromatic rings. The molecule has 20 heavy (non-hydrogen) atoms. The summed E-state index contributed by atoms with van der Waals surface area (Å²) < 4.78 is 0. The summed E-state index contributed by atoms with van der Waals surface area (Å²) in [5, 5.41) is 0. The summed E-state index contributed by atoms with van der Waals surface area (Å²) in [5.74, 6) is 0. The maximum atomic E-state index is 10.8. The number of hydrogen-bond acceptors (Lipinski definition) is 6. The maximum Gasteiger partial charge on any atom is 0.235 e. The molecule has 0 heterocycles. The van der Waals surface area contributed by atoms with Gasteiger partial charge in [0.05, 0.1) is 18.6 Å². The molecule has 6 nitrogen and oxygen atoms in total. The minimum Gasteiger partial charge on any atom is -0.211 e. The molecular weight excluding hydrogens is 258 g/mol. The lowest BCUT2D eigenvalue weighted by Gasteiger charge is -2.49. The lowest BCUT2D eigenvalue weighted by atomic mass is 9.58. The zero-order valence-corrected chi connectivity index (χ0v) is 12.1. The highest BCUT2D eigenvalue weighted by Gasteiger charge is 2.49. The Kier molecular flexibility index (Phi) is 4.91. The number of rotatable bonds is 5. The molecule has 0 saturated heterocycles. The third kappa shape index (κ3) is 4.07. The number of nitrogens with zero attached hydrogens (tertiary/aromatic N) is 3. The van der Waals surface area contributed by atoms with E-state index in [1.165, 1.54) is 6.08 Å². The molecule has 0 aliphatic heterocycles. The van der Waals surface area contributed by atoms with Crippen LogP contribution in [0.3, 0.4) is 0 Å². The second-order valence-electron chi connectivity index (χ2n) is 6.75. The van der Waals surface area contributed by atoms with E-state index in [-0.39, 0.29) is 17.4 Å². The van der Waals surface area contributed by atoms with Gasteiger partial charge in [0.2, 0.25) is 18.2 Å². The minimum absolute atomic E-state index is 0.107. The SMILES string of the molecule is CC1(C)CC(C)(CN=C=O)CC(CN=C=O)(N=C=O)C1. The van der Waals surface area contributed by atoms with Crippen molar-refractivity contribution in [2.45, 2.75) is 45.6 Å². The van der Waals surface area contributed by atoms with Gasteiger partial charge < -0.3 is 0 Å². The normalized spacial score (nSPS) is 31.4. The molecule has 2 atom stereocenters. The van der Waals surface area contributed by atoms with Crippen LogP contribution in [0.2, 0.25) is 0 Å². The van der Waals surface area contributed by atoms with Gasteiger partial charge in [-0.1, -0.05) is 20.8 Å². The van der Waals surface area contributed by atoms with Crippen molar-refractivity contribution in [3.8, 4) is 0 Å². The lowest BCUT2D eigenvalue weighted by molar-refractivity contribution is 0.0475. The Balaban J connectivity index is 3.19. The number of aliphatic imine (C=N–C) groups is 3. The first-order valence-electron chi connectivity index (χ1n) is 6.47. The Morgan fingerprint density at radius 2 is 1.45 bits per heavy atom. The van der Waals surface area contributed by atoms with E-state index in [0.717, 1.165) is 6.42 Å². The maximum absolute atomic E-state index is 10.8. The third-order valence-electron chi connectivity index (χ3n) is 3.71. The Hall–Kier alpha value is -1.86. The largest absolute Gasteiger partial charge is 0.235 e. The fraction of sp³-hybridized carbons (Fsp3) is 0.786. The summed E-state index contributed by atoms with van der Waals surface area (Å²) in [6.07, 6.45) is 6.63. The average Bonchev–Trinajstić information content (AvgIpc) is 2.32. The van der Waals surface area contributed by atoms with Crippen LogP contribution >= 0.6 is 0 Å². The highest BCUT2D eigenvalue weighted by Crippen LogP contribution is 2.52. The Bertz CT molecular complexity index is 512. The molecular formula is C14H19N3O3. The zero-order valence-electron chi connectivity index (χ0n) is 12.1. The van der Waals surface area contributed by atoms with Crippen LogP contribution < -0.4 is 0 Å². The molecule has 1 rings (SSSR count). The van der Waals surface area contributed by atoms with E-state index in [0.29, 0.717) is 19.4 Å². The van der Waals surface area contributed by atoms with Crippen molar-refractivity contribution in [3.63, 3.8) is 0 Å². The molecule has 108 valence electrons. The van der Waals surface area contributed by atoms with Gasteiger partial charge in [0.1, 0.15) is 0 Å². The summed E-state index contributed by atoms with van der Waals surface area (Å²) >= 11 is 0. The van der Waals surface area contributed by atoms with Crippen LogP contribution in [0.15, 0.2) is 15.0 Å². The van der Waals surface area contributed by atoms with Crippen LogP contribution in [0.25, 0.3) is 0 Å². The highest BCUT2D eigenvalue weighted by molar-refractivity contribution is 5.37. The predicted molar refractivity (Wildman–Crippen MR) is 72.6 cm³/mol. The van der Waals surface area contributed by atoms with E-state index in [4.69, 9.17) is 0 Å². The molecule has 0 spiro atoms. The molecule has 0 bridgehead atoms. The summed E-state index contributed by atoms with van der Waals surface area (Å²) in [6.45, 7) is 6.55. The van der Waals surface area contributed by atoms with Gasteiger partial charge in [-0.2, -0.15) is 4.99 Å². The average molecular weight is 277 g/mol. The van der Waals surface area contributed by atoms with Crippen LogP contribution in [-0.4, -0.2) is 36.9 Å². The van der Waals surface area contributed by atoms with E-state index in [1.54, 1.807) is 12.2 Å². The van der Waals surface area contributed by atoms with E-state index >= 15 is 0 Å². The van der Waals surface area contributed by atoms with E-state index in [9.17, 15) is 14.4 Å². The van der Waals surface area contributed by atoms with E-state index < -0.39 is 5.54 Å². The fourth-order valence-electron chi connectivity index (χ4n) is 3.87. The zero-order chi connectivity index (χ0) is 15.3. The van der Waals surface area contributed by atoms with Gasteiger partial charge in [-0.15, -0.1) is 0 Å². The van der Waals surface area contributed by atoms with Crippen molar-refractivity contribution in [2.75, 3.05) is 13.1 Å². The van der Waals surface area contributed by atoms with Gasteiger partial charge in [-0.05, 0) is 30.1 Å². The lowest BCUT2D eigenvalue weighted by Crippen LogP contribution is -2.48. The standard InChI is InChI=1S/C14H19N3O3/c1-12(2)4-13(3,7-15-9-18)6-14(5-12,17-11-20)8-16-10-19/h4-8H2,1-3H3. The van der Waals surface area contributed by atoms with Crippen LogP contribution in [0.1, 0.15) is 40.0 Å². The van der Waals surface area contributed by atoms with E-state index in [2.05, 4.69) is 28.8 Å². The predicted octanol–water partition coefficient (Wildman–Crippen LogP) is 1.95. The van der Waals surface area contributed by atoms with Crippen molar-refractivity contribution >= 4 is 18.2 Å². The Labute approximate surface area is 118 Å². The molecule has 1 fully saturated rings. The molecule has 1 aliphatic carbocycles. The smallest absolute Gasteiger partial charge is 0.211 e. The second kappa shape index (κ2) is 6.06. The summed E-state index contributed by atoms with van der Waals surface area (Å²) in [4.78, 5) is 42.7. The van der Waals surface area contributed by atoms with Crippen molar-refractivity contribution in [1.82, 2.24) is 0 Å². The van der Waals surface area contributed by atoms with Gasteiger partial charge in [0.25, 0.3) is 0 Å². The van der Waals surface area contributed by atoms with Gasteiger partial charge in [0.15, 0.2) is 0 Å². The number of isocyanates is 3. The van der Waals surface area contributed by atoms with Crippen LogP contribution in [0.4, 0.5) is 0 Å².